The maximum Gasteiger partial charge on any atom is 0.256 e. The summed E-state index contributed by atoms with van der Waals surface area (Å²) in [5, 5.41) is 5.07. The van der Waals surface area contributed by atoms with E-state index < -0.39 is 0 Å². The molecule has 0 saturated carbocycles. The van der Waals surface area contributed by atoms with Crippen LogP contribution in [0, 0.1) is 0 Å². The maximum absolute atomic E-state index is 13.1. The van der Waals surface area contributed by atoms with Crippen LogP contribution < -0.4 is 5.32 Å². The van der Waals surface area contributed by atoms with E-state index in [1.807, 2.05) is 36.4 Å². The summed E-state index contributed by atoms with van der Waals surface area (Å²) in [6, 6.07) is 25.0. The number of benzene rings is 4. The quantitative estimate of drug-likeness (QED) is 0.340. The first-order chi connectivity index (χ1) is 14.0. The highest BCUT2D eigenvalue weighted by Crippen LogP contribution is 2.28. The van der Waals surface area contributed by atoms with Gasteiger partial charge in [0.2, 0.25) is 0 Å². The molecule has 0 bridgehead atoms. The van der Waals surface area contributed by atoms with Crippen molar-refractivity contribution in [3.05, 3.63) is 111 Å². The van der Waals surface area contributed by atoms with Gasteiger partial charge in [-0.25, -0.2) is 0 Å². The molecule has 0 unspecified atom stereocenters. The SMILES string of the molecule is O=C(c1ccccc1)c1cc(Cl)ccc1NC(=O)c1cccc2c(Br)cccc12. The van der Waals surface area contributed by atoms with Gasteiger partial charge in [0.25, 0.3) is 5.91 Å². The van der Waals surface area contributed by atoms with Gasteiger partial charge >= 0.3 is 0 Å². The molecule has 0 aromatic heterocycles. The zero-order valence-corrected chi connectivity index (χ0v) is 17.5. The molecule has 0 aliphatic carbocycles. The van der Waals surface area contributed by atoms with Gasteiger partial charge in [-0.2, -0.15) is 0 Å². The van der Waals surface area contributed by atoms with Gasteiger partial charge in [-0.1, -0.05) is 82.1 Å². The van der Waals surface area contributed by atoms with Crippen molar-refractivity contribution in [1.29, 1.82) is 0 Å². The van der Waals surface area contributed by atoms with E-state index in [9.17, 15) is 9.59 Å². The van der Waals surface area contributed by atoms with E-state index in [0.29, 0.717) is 27.4 Å². The molecule has 0 radical (unpaired) electrons. The maximum atomic E-state index is 13.1. The molecule has 0 aliphatic rings. The monoisotopic (exact) mass is 463 g/mol. The van der Waals surface area contributed by atoms with Crippen molar-refractivity contribution in [1.82, 2.24) is 0 Å². The van der Waals surface area contributed by atoms with E-state index in [4.69, 9.17) is 11.6 Å². The number of hydrogen-bond donors (Lipinski definition) is 1. The first-order valence-corrected chi connectivity index (χ1v) is 10.1. The Balaban J connectivity index is 1.73. The van der Waals surface area contributed by atoms with Gasteiger partial charge in [0, 0.05) is 26.2 Å². The first-order valence-electron chi connectivity index (χ1n) is 8.92. The van der Waals surface area contributed by atoms with Gasteiger partial charge in [-0.05, 0) is 41.1 Å². The molecule has 0 saturated heterocycles. The fourth-order valence-corrected chi connectivity index (χ4v) is 3.89. The van der Waals surface area contributed by atoms with Crippen LogP contribution in [0.2, 0.25) is 5.02 Å². The second kappa shape index (κ2) is 8.19. The van der Waals surface area contributed by atoms with Crippen LogP contribution in [-0.2, 0) is 0 Å². The van der Waals surface area contributed by atoms with Gasteiger partial charge in [0.15, 0.2) is 5.78 Å². The zero-order valence-electron chi connectivity index (χ0n) is 15.2. The molecule has 0 atom stereocenters. The fraction of sp³-hybridized carbons (Fsp3) is 0. The summed E-state index contributed by atoms with van der Waals surface area (Å²) in [6.07, 6.45) is 0. The highest BCUT2D eigenvalue weighted by atomic mass is 79.9. The molecule has 1 N–H and O–H groups in total. The summed E-state index contributed by atoms with van der Waals surface area (Å²) in [7, 11) is 0. The number of carbonyl (C=O) groups excluding carboxylic acids is 2. The highest BCUT2D eigenvalue weighted by Gasteiger charge is 2.18. The van der Waals surface area contributed by atoms with Gasteiger partial charge in [-0.15, -0.1) is 0 Å². The van der Waals surface area contributed by atoms with Crippen LogP contribution in [0.1, 0.15) is 26.3 Å². The molecule has 1 amide bonds. The molecular weight excluding hydrogens is 450 g/mol. The Hall–Kier alpha value is -2.95. The minimum absolute atomic E-state index is 0.205. The molecule has 4 rings (SSSR count). The Morgan fingerprint density at radius 2 is 1.48 bits per heavy atom. The highest BCUT2D eigenvalue weighted by molar-refractivity contribution is 9.10. The van der Waals surface area contributed by atoms with Crippen LogP contribution in [0.25, 0.3) is 10.8 Å². The summed E-state index contributed by atoms with van der Waals surface area (Å²) in [4.78, 5) is 26.0. The summed E-state index contributed by atoms with van der Waals surface area (Å²) >= 11 is 9.65. The molecule has 142 valence electrons. The molecule has 0 spiro atoms. The Labute approximate surface area is 181 Å². The summed E-state index contributed by atoms with van der Waals surface area (Å²) in [5.41, 5.74) is 1.81. The fourth-order valence-electron chi connectivity index (χ4n) is 3.22. The van der Waals surface area contributed by atoms with Crippen molar-refractivity contribution < 1.29 is 9.59 Å². The van der Waals surface area contributed by atoms with Crippen molar-refractivity contribution in [2.45, 2.75) is 0 Å². The predicted molar refractivity (Wildman–Crippen MR) is 121 cm³/mol. The lowest BCUT2D eigenvalue weighted by molar-refractivity contribution is 0.102. The van der Waals surface area contributed by atoms with Crippen molar-refractivity contribution in [3.63, 3.8) is 0 Å². The molecule has 4 aromatic carbocycles. The summed E-state index contributed by atoms with van der Waals surface area (Å²) in [5.74, 6) is -0.498. The van der Waals surface area contributed by atoms with Crippen molar-refractivity contribution in [2.75, 3.05) is 5.32 Å². The van der Waals surface area contributed by atoms with Crippen LogP contribution >= 0.6 is 27.5 Å². The van der Waals surface area contributed by atoms with Gasteiger partial charge in [0.1, 0.15) is 0 Å². The standard InChI is InChI=1S/C24H15BrClNO2/c25-21-11-5-8-17-18(21)9-4-10-19(17)24(29)27-22-13-12-16(26)14-20(22)23(28)15-6-2-1-3-7-15/h1-14H,(H,27,29). The number of rotatable bonds is 4. The number of nitrogens with one attached hydrogen (secondary N) is 1. The Kier molecular flexibility index (Phi) is 5.47. The largest absolute Gasteiger partial charge is 0.321 e. The average molecular weight is 465 g/mol. The normalized spacial score (nSPS) is 10.7. The predicted octanol–water partition coefficient (Wildman–Crippen LogP) is 6.74. The lowest BCUT2D eigenvalue weighted by Crippen LogP contribution is -2.15. The third-order valence-corrected chi connectivity index (χ3v) is 5.55. The Bertz CT molecular complexity index is 1240. The van der Waals surface area contributed by atoms with Gasteiger partial charge in [-0.3, -0.25) is 9.59 Å². The first kappa shape index (κ1) is 19.4. The lowest BCUT2D eigenvalue weighted by Gasteiger charge is -2.13. The topological polar surface area (TPSA) is 46.2 Å². The van der Waals surface area contributed by atoms with E-state index in [0.717, 1.165) is 15.2 Å². The van der Waals surface area contributed by atoms with E-state index in [2.05, 4.69) is 21.2 Å². The van der Waals surface area contributed by atoms with Crippen LogP contribution in [-0.4, -0.2) is 11.7 Å². The van der Waals surface area contributed by atoms with Crippen LogP contribution in [0.4, 0.5) is 5.69 Å². The molecule has 4 aromatic rings. The van der Waals surface area contributed by atoms with Crippen molar-refractivity contribution in [3.8, 4) is 0 Å². The third-order valence-electron chi connectivity index (χ3n) is 4.62. The number of ketones is 1. The van der Waals surface area contributed by atoms with Crippen LogP contribution in [0.15, 0.2) is 89.4 Å². The second-order valence-corrected chi connectivity index (χ2v) is 7.77. The zero-order chi connectivity index (χ0) is 20.4. The van der Waals surface area contributed by atoms with Crippen LogP contribution in [0.3, 0.4) is 0 Å². The number of amides is 1. The number of fused-ring (bicyclic) bond motifs is 1. The molecule has 0 aliphatic heterocycles. The van der Waals surface area contributed by atoms with E-state index >= 15 is 0 Å². The van der Waals surface area contributed by atoms with Crippen LogP contribution in [0.5, 0.6) is 0 Å². The summed E-state index contributed by atoms with van der Waals surface area (Å²) in [6.45, 7) is 0. The minimum atomic E-state index is -0.293. The third kappa shape index (κ3) is 3.95. The Morgan fingerprint density at radius 1 is 0.759 bits per heavy atom. The molecule has 5 heteroatoms. The van der Waals surface area contributed by atoms with E-state index in [-0.39, 0.29) is 11.7 Å². The Morgan fingerprint density at radius 3 is 2.28 bits per heavy atom. The van der Waals surface area contributed by atoms with Gasteiger partial charge < -0.3 is 5.32 Å². The number of halogens is 2. The molecular formula is C24H15BrClNO2. The smallest absolute Gasteiger partial charge is 0.256 e. The second-order valence-electron chi connectivity index (χ2n) is 6.48. The number of carbonyl (C=O) groups is 2. The average Bonchev–Trinajstić information content (AvgIpc) is 2.75. The molecule has 3 nitrogen and oxygen atoms in total. The summed E-state index contributed by atoms with van der Waals surface area (Å²) < 4.78 is 0.913. The lowest BCUT2D eigenvalue weighted by atomic mass is 10.0. The van der Waals surface area contributed by atoms with Gasteiger partial charge in [0.05, 0.1) is 5.69 Å². The molecule has 29 heavy (non-hydrogen) atoms. The number of hydrogen-bond acceptors (Lipinski definition) is 2. The van der Waals surface area contributed by atoms with Crippen molar-refractivity contribution in [2.24, 2.45) is 0 Å². The van der Waals surface area contributed by atoms with Crippen molar-refractivity contribution >= 4 is 55.7 Å². The minimum Gasteiger partial charge on any atom is -0.321 e. The van der Waals surface area contributed by atoms with E-state index in [1.165, 1.54) is 0 Å². The molecule has 0 heterocycles. The molecule has 0 fully saturated rings. The number of anilines is 1. The van der Waals surface area contributed by atoms with E-state index in [1.54, 1.807) is 48.5 Å².